The van der Waals surface area contributed by atoms with Gasteiger partial charge in [0.15, 0.2) is 0 Å². The minimum absolute atomic E-state index is 1.07. The zero-order valence-corrected chi connectivity index (χ0v) is 16.0. The van der Waals surface area contributed by atoms with Gasteiger partial charge in [0.1, 0.15) is 0 Å². The molecule has 1 aliphatic heterocycles. The summed E-state index contributed by atoms with van der Waals surface area (Å²) < 4.78 is 0. The third kappa shape index (κ3) is 10.3. The van der Waals surface area contributed by atoms with Gasteiger partial charge in [-0.05, 0) is 45.1 Å². The van der Waals surface area contributed by atoms with Crippen molar-refractivity contribution in [3.8, 4) is 0 Å². The molecule has 0 unspecified atom stereocenters. The largest absolute Gasteiger partial charge is 0.306 e. The number of allylic oxidation sites excluding steroid dienone is 2. The van der Waals surface area contributed by atoms with Crippen molar-refractivity contribution < 1.29 is 0 Å². The van der Waals surface area contributed by atoms with Crippen LogP contribution in [0.15, 0.2) is 12.2 Å². The van der Waals surface area contributed by atoms with Gasteiger partial charge < -0.3 is 4.90 Å². The first-order chi connectivity index (χ1) is 10.1. The maximum absolute atomic E-state index is 2.81. The molecular formula is C19H39NSi. The Labute approximate surface area is 135 Å². The summed E-state index contributed by atoms with van der Waals surface area (Å²) in [6, 6.07) is 1.35. The molecule has 1 aliphatic rings. The van der Waals surface area contributed by atoms with Gasteiger partial charge in [0, 0.05) is 0 Å². The summed E-state index contributed by atoms with van der Waals surface area (Å²) >= 11 is 0. The number of nitrogens with zero attached hydrogens (tertiary/aromatic N) is 1. The van der Waals surface area contributed by atoms with E-state index in [0.717, 1.165) is 0 Å². The molecule has 0 saturated carbocycles. The van der Waals surface area contributed by atoms with E-state index in [9.17, 15) is 0 Å². The summed E-state index contributed by atoms with van der Waals surface area (Å²) in [4.78, 5) is 2.81. The quantitative estimate of drug-likeness (QED) is 0.453. The fraction of sp³-hybridized carbons (Fsp3) is 0.895. The molecule has 1 rings (SSSR count). The van der Waals surface area contributed by atoms with Gasteiger partial charge in [-0.3, -0.25) is 0 Å². The van der Waals surface area contributed by atoms with Crippen LogP contribution in [0, 0.1) is 0 Å². The highest BCUT2D eigenvalue weighted by Crippen LogP contribution is 2.16. The van der Waals surface area contributed by atoms with Gasteiger partial charge in [0.05, 0.1) is 8.07 Å². The van der Waals surface area contributed by atoms with Crippen molar-refractivity contribution in [3.05, 3.63) is 12.2 Å². The van der Waals surface area contributed by atoms with E-state index in [1.807, 2.05) is 0 Å². The van der Waals surface area contributed by atoms with Crippen molar-refractivity contribution in [2.75, 3.05) is 19.3 Å². The summed E-state index contributed by atoms with van der Waals surface area (Å²) in [6.45, 7) is 9.99. The van der Waals surface area contributed by atoms with Crippen molar-refractivity contribution >= 4 is 8.07 Å². The molecule has 124 valence electrons. The Kier molecular flexibility index (Phi) is 10.4. The second kappa shape index (κ2) is 11.5. The van der Waals surface area contributed by atoms with Crippen LogP contribution >= 0.6 is 0 Å². The molecule has 2 heteroatoms. The first-order valence-corrected chi connectivity index (χ1v) is 12.9. The summed E-state index contributed by atoms with van der Waals surface area (Å²) in [5.74, 6) is 0. The molecule has 0 aromatic heterocycles. The molecule has 0 spiro atoms. The fourth-order valence-corrected chi connectivity index (χ4v) is 5.99. The van der Waals surface area contributed by atoms with Gasteiger partial charge in [0.25, 0.3) is 0 Å². The number of hydrogen-bond acceptors (Lipinski definition) is 1. The lowest BCUT2D eigenvalue weighted by Crippen LogP contribution is -2.43. The monoisotopic (exact) mass is 309 g/mol. The normalized spacial score (nSPS) is 21.7. The van der Waals surface area contributed by atoms with Crippen molar-refractivity contribution in [1.82, 2.24) is 4.90 Å². The molecule has 0 aromatic rings. The standard InChI is InChI=1S/C19H39NSi/c1-4-5-18-21(2,3)19-20-16-14-12-10-8-6-7-9-11-13-15-17-20/h4-5H,6-19H2,1-3H3/b5-4+. The summed E-state index contributed by atoms with van der Waals surface area (Å²) in [7, 11) is -1.07. The summed E-state index contributed by atoms with van der Waals surface area (Å²) in [6.07, 6.45) is 20.6. The highest BCUT2D eigenvalue weighted by Gasteiger charge is 2.22. The fourth-order valence-electron chi connectivity index (χ4n) is 3.46. The molecule has 0 radical (unpaired) electrons. The van der Waals surface area contributed by atoms with Crippen LogP contribution in [0.25, 0.3) is 0 Å². The van der Waals surface area contributed by atoms with E-state index in [0.29, 0.717) is 0 Å². The maximum Gasteiger partial charge on any atom is 0.0666 e. The minimum atomic E-state index is -1.07. The molecule has 0 aliphatic carbocycles. The van der Waals surface area contributed by atoms with E-state index >= 15 is 0 Å². The third-order valence-electron chi connectivity index (χ3n) is 4.76. The van der Waals surface area contributed by atoms with Gasteiger partial charge in [0.2, 0.25) is 0 Å². The number of hydrogen-bond donors (Lipinski definition) is 0. The van der Waals surface area contributed by atoms with Gasteiger partial charge in [-0.15, -0.1) is 0 Å². The molecule has 0 aromatic carbocycles. The molecular weight excluding hydrogens is 270 g/mol. The molecule has 1 fully saturated rings. The smallest absolute Gasteiger partial charge is 0.0666 e. The van der Waals surface area contributed by atoms with E-state index in [-0.39, 0.29) is 0 Å². The molecule has 1 nitrogen and oxygen atoms in total. The topological polar surface area (TPSA) is 3.24 Å². The lowest BCUT2D eigenvalue weighted by Gasteiger charge is -2.31. The van der Waals surface area contributed by atoms with E-state index in [4.69, 9.17) is 0 Å². The Morgan fingerprint density at radius 2 is 1.19 bits per heavy atom. The van der Waals surface area contributed by atoms with Crippen LogP contribution in [-0.2, 0) is 0 Å². The molecule has 0 N–H and O–H groups in total. The lowest BCUT2D eigenvalue weighted by atomic mass is 10.1. The zero-order chi connectivity index (χ0) is 15.4. The van der Waals surface area contributed by atoms with Gasteiger partial charge in [-0.2, -0.15) is 0 Å². The molecule has 1 saturated heterocycles. The van der Waals surface area contributed by atoms with Crippen molar-refractivity contribution in [3.63, 3.8) is 0 Å². The van der Waals surface area contributed by atoms with Gasteiger partial charge >= 0.3 is 0 Å². The number of rotatable bonds is 4. The van der Waals surface area contributed by atoms with Crippen LogP contribution in [0.4, 0.5) is 0 Å². The highest BCUT2D eigenvalue weighted by atomic mass is 28.3. The van der Waals surface area contributed by atoms with Crippen LogP contribution < -0.4 is 0 Å². The lowest BCUT2D eigenvalue weighted by molar-refractivity contribution is 0.296. The average molecular weight is 310 g/mol. The van der Waals surface area contributed by atoms with Crippen LogP contribution in [-0.4, -0.2) is 32.2 Å². The predicted molar refractivity (Wildman–Crippen MR) is 99.7 cm³/mol. The molecule has 0 bridgehead atoms. The van der Waals surface area contributed by atoms with E-state index in [1.54, 1.807) is 0 Å². The molecule has 0 atom stereocenters. The molecule has 0 amide bonds. The predicted octanol–water partition coefficient (Wildman–Crippen LogP) is 6.03. The molecule has 1 heterocycles. The van der Waals surface area contributed by atoms with Crippen LogP contribution in [0.3, 0.4) is 0 Å². The average Bonchev–Trinajstić information content (AvgIpc) is 2.47. The Bertz CT molecular complexity index is 259. The maximum atomic E-state index is 2.81. The molecule has 21 heavy (non-hydrogen) atoms. The van der Waals surface area contributed by atoms with Crippen molar-refractivity contribution in [2.24, 2.45) is 0 Å². The van der Waals surface area contributed by atoms with Crippen LogP contribution in [0.1, 0.15) is 71.1 Å². The van der Waals surface area contributed by atoms with E-state index in [1.165, 1.54) is 89.5 Å². The zero-order valence-electron chi connectivity index (χ0n) is 15.0. The Morgan fingerprint density at radius 3 is 1.62 bits per heavy atom. The summed E-state index contributed by atoms with van der Waals surface area (Å²) in [5.41, 5.74) is 0. The first kappa shape index (κ1) is 19.0. The van der Waals surface area contributed by atoms with Crippen LogP contribution in [0.5, 0.6) is 0 Å². The van der Waals surface area contributed by atoms with Gasteiger partial charge in [-0.25, -0.2) is 0 Å². The SMILES string of the molecule is C/C=C/C[Si](C)(C)CN1CCCCCCCCCCCC1. The van der Waals surface area contributed by atoms with Gasteiger partial charge in [-0.1, -0.05) is 76.6 Å². The van der Waals surface area contributed by atoms with Crippen molar-refractivity contribution in [2.45, 2.75) is 90.3 Å². The second-order valence-electron chi connectivity index (χ2n) is 7.75. The Morgan fingerprint density at radius 1 is 0.762 bits per heavy atom. The highest BCUT2D eigenvalue weighted by molar-refractivity contribution is 6.78. The van der Waals surface area contributed by atoms with Crippen LogP contribution in [0.2, 0.25) is 19.1 Å². The third-order valence-corrected chi connectivity index (χ3v) is 7.40. The minimum Gasteiger partial charge on any atom is -0.306 e. The Hall–Kier alpha value is -0.0831. The second-order valence-corrected chi connectivity index (χ2v) is 12.8. The van der Waals surface area contributed by atoms with E-state index < -0.39 is 8.07 Å². The summed E-state index contributed by atoms with van der Waals surface area (Å²) in [5, 5.41) is 0. The first-order valence-electron chi connectivity index (χ1n) is 9.47. The Balaban J connectivity index is 2.42. The van der Waals surface area contributed by atoms with E-state index in [2.05, 4.69) is 37.1 Å². The van der Waals surface area contributed by atoms with Crippen molar-refractivity contribution in [1.29, 1.82) is 0 Å².